The van der Waals surface area contributed by atoms with E-state index in [9.17, 15) is 28.1 Å². The number of hydrogen-bond donors (Lipinski definition) is 2. The molecule has 1 aliphatic carbocycles. The molecule has 2 N–H and O–H groups in total. The molecular formula is C20H21N3O7S. The van der Waals surface area contributed by atoms with Crippen LogP contribution < -0.4 is 10.0 Å². The molecule has 1 fully saturated rings. The van der Waals surface area contributed by atoms with Gasteiger partial charge in [0, 0.05) is 18.6 Å². The fourth-order valence-corrected chi connectivity index (χ4v) is 4.47. The summed E-state index contributed by atoms with van der Waals surface area (Å²) in [5, 5.41) is 13.3. The summed E-state index contributed by atoms with van der Waals surface area (Å²) in [6.45, 7) is 0. The van der Waals surface area contributed by atoms with E-state index in [1.54, 1.807) is 24.3 Å². The molecule has 1 saturated carbocycles. The van der Waals surface area contributed by atoms with Crippen molar-refractivity contribution >= 4 is 27.6 Å². The van der Waals surface area contributed by atoms with Gasteiger partial charge < -0.3 is 10.1 Å². The number of nitrogens with zero attached hydrogens (tertiary/aromatic N) is 1. The summed E-state index contributed by atoms with van der Waals surface area (Å²) in [6, 6.07) is 12.4. The topological polar surface area (TPSA) is 145 Å². The molecule has 10 nitrogen and oxygen atoms in total. The lowest BCUT2D eigenvalue weighted by Crippen LogP contribution is -2.54. The van der Waals surface area contributed by atoms with Crippen molar-refractivity contribution in [3.05, 3.63) is 70.3 Å². The minimum Gasteiger partial charge on any atom is -0.467 e. The molecule has 0 radical (unpaired) electrons. The van der Waals surface area contributed by atoms with Gasteiger partial charge in [0.25, 0.3) is 5.69 Å². The normalized spacial score (nSPS) is 15.5. The van der Waals surface area contributed by atoms with Gasteiger partial charge in [0.1, 0.15) is 11.6 Å². The fraction of sp³-hybridized carbons (Fsp3) is 0.300. The van der Waals surface area contributed by atoms with Gasteiger partial charge in [-0.2, -0.15) is 4.72 Å². The molecule has 0 aromatic heterocycles. The summed E-state index contributed by atoms with van der Waals surface area (Å²) < 4.78 is 32.5. The number of rotatable bonds is 9. The van der Waals surface area contributed by atoms with Gasteiger partial charge in [0.2, 0.25) is 15.9 Å². The van der Waals surface area contributed by atoms with Crippen LogP contribution in [0.15, 0.2) is 59.5 Å². The van der Waals surface area contributed by atoms with Crippen LogP contribution in [-0.4, -0.2) is 43.9 Å². The molecule has 1 atom stereocenters. The molecule has 0 unspecified atom stereocenters. The number of hydrogen-bond acceptors (Lipinski definition) is 7. The lowest BCUT2D eigenvalue weighted by molar-refractivity contribution is -0.384. The first-order valence-corrected chi connectivity index (χ1v) is 10.9. The molecule has 11 heteroatoms. The number of nitrogens with one attached hydrogen (secondary N) is 2. The third-order valence-corrected chi connectivity index (χ3v) is 6.50. The molecule has 1 amide bonds. The monoisotopic (exact) mass is 447 g/mol. The Kier molecular flexibility index (Phi) is 6.37. The number of ether oxygens (including phenoxy) is 1. The van der Waals surface area contributed by atoms with Gasteiger partial charge >= 0.3 is 5.97 Å². The second-order valence-corrected chi connectivity index (χ2v) is 8.86. The highest BCUT2D eigenvalue weighted by Crippen LogP contribution is 2.37. The fourth-order valence-electron chi connectivity index (χ4n) is 3.05. The van der Waals surface area contributed by atoms with E-state index in [0.717, 1.165) is 29.8 Å². The van der Waals surface area contributed by atoms with Crippen LogP contribution in [0.5, 0.6) is 0 Å². The summed E-state index contributed by atoms with van der Waals surface area (Å²) in [6.07, 6.45) is 0.693. The van der Waals surface area contributed by atoms with E-state index in [0.29, 0.717) is 0 Å². The van der Waals surface area contributed by atoms with Crippen molar-refractivity contribution in [3.63, 3.8) is 0 Å². The van der Waals surface area contributed by atoms with Gasteiger partial charge in [-0.15, -0.1) is 0 Å². The first kappa shape index (κ1) is 22.4. The Morgan fingerprint density at radius 1 is 1.13 bits per heavy atom. The Morgan fingerprint density at radius 2 is 1.74 bits per heavy atom. The van der Waals surface area contributed by atoms with Crippen molar-refractivity contribution in [3.8, 4) is 0 Å². The van der Waals surface area contributed by atoms with E-state index in [2.05, 4.69) is 10.0 Å². The number of carbonyl (C=O) groups excluding carboxylic acids is 2. The Balaban J connectivity index is 1.73. The molecule has 2 aromatic carbocycles. The number of non-ortho nitro benzene ring substituents is 1. The van der Waals surface area contributed by atoms with Gasteiger partial charge in [-0.3, -0.25) is 14.9 Å². The van der Waals surface area contributed by atoms with Gasteiger partial charge in [0.05, 0.1) is 16.9 Å². The Bertz CT molecular complexity index is 1080. The first-order valence-electron chi connectivity index (χ1n) is 9.38. The van der Waals surface area contributed by atoms with Gasteiger partial charge in [-0.1, -0.05) is 30.3 Å². The molecule has 0 heterocycles. The lowest BCUT2D eigenvalue weighted by Gasteiger charge is -2.22. The lowest BCUT2D eigenvalue weighted by atomic mass is 10.1. The minimum atomic E-state index is -4.11. The van der Waals surface area contributed by atoms with Crippen molar-refractivity contribution in [2.24, 2.45) is 0 Å². The van der Waals surface area contributed by atoms with Gasteiger partial charge in [-0.05, 0) is 30.5 Å². The maximum absolute atomic E-state index is 12.9. The molecule has 31 heavy (non-hydrogen) atoms. The number of methoxy groups -OCH3 is 1. The van der Waals surface area contributed by atoms with Crippen LogP contribution in [0, 0.1) is 10.1 Å². The summed E-state index contributed by atoms with van der Waals surface area (Å²) >= 11 is 0. The van der Waals surface area contributed by atoms with Crippen LogP contribution in [0.4, 0.5) is 5.69 Å². The third-order valence-electron chi connectivity index (χ3n) is 4.95. The molecule has 0 aliphatic heterocycles. The number of esters is 1. The molecular weight excluding hydrogens is 426 g/mol. The second kappa shape index (κ2) is 8.82. The smallest absolute Gasteiger partial charge is 0.328 e. The summed E-state index contributed by atoms with van der Waals surface area (Å²) in [4.78, 5) is 34.9. The Hall–Kier alpha value is -3.31. The van der Waals surface area contributed by atoms with Crippen molar-refractivity contribution in [2.45, 2.75) is 35.7 Å². The number of nitro benzene ring substituents is 1. The van der Waals surface area contributed by atoms with Crippen molar-refractivity contribution in [2.75, 3.05) is 7.11 Å². The van der Waals surface area contributed by atoms with Crippen LogP contribution in [0.3, 0.4) is 0 Å². The highest BCUT2D eigenvalue weighted by Gasteiger charge is 2.53. The first-order chi connectivity index (χ1) is 14.7. The highest BCUT2D eigenvalue weighted by atomic mass is 32.2. The second-order valence-electron chi connectivity index (χ2n) is 7.18. The van der Waals surface area contributed by atoms with E-state index in [1.165, 1.54) is 7.11 Å². The van der Waals surface area contributed by atoms with Crippen LogP contribution in [0.1, 0.15) is 18.4 Å². The molecule has 0 saturated heterocycles. The van der Waals surface area contributed by atoms with E-state index in [4.69, 9.17) is 4.74 Å². The quantitative estimate of drug-likeness (QED) is 0.335. The predicted octanol–water partition coefficient (Wildman–Crippen LogP) is 1.31. The third kappa shape index (κ3) is 5.25. The number of amides is 1. The molecule has 3 rings (SSSR count). The zero-order valence-electron chi connectivity index (χ0n) is 16.6. The van der Waals surface area contributed by atoms with E-state index in [1.807, 2.05) is 6.07 Å². The van der Waals surface area contributed by atoms with Crippen molar-refractivity contribution in [1.82, 2.24) is 10.0 Å². The summed E-state index contributed by atoms with van der Waals surface area (Å²) in [5.74, 6) is -1.28. The van der Waals surface area contributed by atoms with Gasteiger partial charge in [0.15, 0.2) is 0 Å². The largest absolute Gasteiger partial charge is 0.467 e. The van der Waals surface area contributed by atoms with Crippen LogP contribution >= 0.6 is 0 Å². The van der Waals surface area contributed by atoms with Gasteiger partial charge in [-0.25, -0.2) is 13.2 Å². The average molecular weight is 447 g/mol. The SMILES string of the molecule is COC(=O)[C@H](Cc1ccccc1)NC(=O)C1(NS(=O)(=O)c2ccc([N+](=O)[O-])cc2)CC1. The maximum atomic E-state index is 12.9. The van der Waals surface area contributed by atoms with E-state index < -0.39 is 38.4 Å². The maximum Gasteiger partial charge on any atom is 0.328 e. The Labute approximate surface area is 178 Å². The molecule has 164 valence electrons. The number of sulfonamides is 1. The van der Waals surface area contributed by atoms with E-state index in [-0.39, 0.29) is 29.8 Å². The van der Waals surface area contributed by atoms with E-state index >= 15 is 0 Å². The minimum absolute atomic E-state index is 0.185. The summed E-state index contributed by atoms with van der Waals surface area (Å²) in [7, 11) is -2.91. The molecule has 2 aromatic rings. The van der Waals surface area contributed by atoms with Crippen molar-refractivity contribution in [1.29, 1.82) is 0 Å². The van der Waals surface area contributed by atoms with Crippen LogP contribution in [-0.2, 0) is 30.8 Å². The highest BCUT2D eigenvalue weighted by molar-refractivity contribution is 7.89. The average Bonchev–Trinajstić information content (AvgIpc) is 3.53. The Morgan fingerprint density at radius 3 is 2.26 bits per heavy atom. The predicted molar refractivity (Wildman–Crippen MR) is 109 cm³/mol. The number of carbonyl (C=O) groups is 2. The van der Waals surface area contributed by atoms with Crippen LogP contribution in [0.25, 0.3) is 0 Å². The number of benzene rings is 2. The number of nitro groups is 1. The zero-order chi connectivity index (χ0) is 22.6. The zero-order valence-corrected chi connectivity index (χ0v) is 17.4. The standard InChI is InChI=1S/C20H21N3O7S/c1-30-18(24)17(13-14-5-3-2-4-6-14)21-19(25)20(11-12-20)22-31(28,29)16-9-7-15(8-10-16)23(26)27/h2-10,17,22H,11-13H2,1H3,(H,21,25)/t17-/m0/s1. The van der Waals surface area contributed by atoms with Crippen molar-refractivity contribution < 1.29 is 27.7 Å². The molecule has 0 bridgehead atoms. The molecule has 0 spiro atoms. The van der Waals surface area contributed by atoms with Crippen LogP contribution in [0.2, 0.25) is 0 Å². The summed E-state index contributed by atoms with van der Waals surface area (Å²) in [5.41, 5.74) is -0.835. The molecule has 1 aliphatic rings.